The van der Waals surface area contributed by atoms with E-state index in [0.29, 0.717) is 12.7 Å². The predicted octanol–water partition coefficient (Wildman–Crippen LogP) is -0.0104. The van der Waals surface area contributed by atoms with E-state index in [-0.39, 0.29) is 68.9 Å². The second kappa shape index (κ2) is 10.1. The minimum absolute atomic E-state index is 0. The van der Waals surface area contributed by atoms with Crippen molar-refractivity contribution in [2.24, 2.45) is 4.99 Å². The van der Waals surface area contributed by atoms with Crippen molar-refractivity contribution in [1.29, 1.82) is 0 Å². The molecule has 0 unspecified atom stereocenters. The summed E-state index contributed by atoms with van der Waals surface area (Å²) < 4.78 is 0. The third-order valence-corrected chi connectivity index (χ3v) is 0.862. The molecule has 6 nitrogen and oxygen atoms in total. The molecule has 66 valence electrons. The van der Waals surface area contributed by atoms with Crippen LogP contribution >= 0.6 is 11.6 Å². The van der Waals surface area contributed by atoms with Crippen LogP contribution in [0.15, 0.2) is 4.99 Å². The van der Waals surface area contributed by atoms with Crippen LogP contribution in [0.4, 0.5) is 4.79 Å². The number of hydrogen-bond acceptors (Lipinski definition) is 4. The first-order valence-electron chi connectivity index (χ1n) is 2.54. The number of aliphatic imine (C=N–C) groups is 1. The van der Waals surface area contributed by atoms with Gasteiger partial charge in [0.15, 0.2) is 6.73 Å². The molecule has 0 fully saturated rings. The molecule has 0 saturated carbocycles. The van der Waals surface area contributed by atoms with Crippen LogP contribution in [0.2, 0.25) is 0 Å². The summed E-state index contributed by atoms with van der Waals surface area (Å²) >= 11 is 5.32. The van der Waals surface area contributed by atoms with Gasteiger partial charge in [-0.3, -0.25) is 0 Å². The molecule has 0 amide bonds. The third-order valence-electron chi connectivity index (χ3n) is 0.626. The van der Waals surface area contributed by atoms with Crippen molar-refractivity contribution in [1.82, 2.24) is 5.06 Å². The summed E-state index contributed by atoms with van der Waals surface area (Å²) in [7, 11) is 0. The Morgan fingerprint density at radius 3 is 2.42 bits per heavy atom. The molecule has 2 N–H and O–H groups in total. The second-order valence-electron chi connectivity index (χ2n) is 1.38. The Kier molecular flexibility index (Phi) is 13.1. The number of nitrogens with zero attached hydrogens (tertiary/aromatic N) is 2. The van der Waals surface area contributed by atoms with Gasteiger partial charge in [-0.1, -0.05) is 0 Å². The van der Waals surface area contributed by atoms with Crippen molar-refractivity contribution in [2.45, 2.75) is 0 Å². The number of hydrogen-bond donors (Lipinski definition) is 2. The molecule has 1 rings (SSSR count). The fourth-order valence-corrected chi connectivity index (χ4v) is 0.461. The number of halogens is 1. The van der Waals surface area contributed by atoms with Crippen LogP contribution in [0.25, 0.3) is 0 Å². The molecular weight excluding hydrogens is 308 g/mol. The Balaban J connectivity index is 0. The van der Waals surface area contributed by atoms with Crippen molar-refractivity contribution in [3.63, 3.8) is 0 Å². The van der Waals surface area contributed by atoms with E-state index < -0.39 is 6.16 Å². The maximum atomic E-state index is 8.56. The first-order chi connectivity index (χ1) is 5.16. The molecule has 12 heavy (non-hydrogen) atoms. The third kappa shape index (κ3) is 11.0. The standard InChI is InChI=1S/C3H5ClN2O.CH2O3.Cs.H/c4-1-6-2-5-3-7-6;2-1(3)4;;/h2H,1,3H2;(H2,2,3,4);;. The Labute approximate surface area is 133 Å². The van der Waals surface area contributed by atoms with Gasteiger partial charge in [0, 0.05) is 0 Å². The number of carboxylic acid groups (broad SMARTS) is 2. The fourth-order valence-electron chi connectivity index (χ4n) is 0.331. The number of alkyl halides is 1. The van der Waals surface area contributed by atoms with Gasteiger partial charge >= 0.3 is 75.0 Å². The van der Waals surface area contributed by atoms with Crippen LogP contribution in [0, 0.1) is 0 Å². The first kappa shape index (κ1) is 15.5. The summed E-state index contributed by atoms with van der Waals surface area (Å²) in [5.74, 6) is 0. The zero-order valence-electron chi connectivity index (χ0n) is 5.47. The topological polar surface area (TPSA) is 82.4 Å². The molecule has 0 bridgehead atoms. The zero-order valence-corrected chi connectivity index (χ0v) is 6.23. The van der Waals surface area contributed by atoms with Crippen molar-refractivity contribution in [2.75, 3.05) is 12.7 Å². The van der Waals surface area contributed by atoms with Gasteiger partial charge in [0.25, 0.3) is 0 Å². The normalized spacial score (nSPS) is 12.9. The van der Waals surface area contributed by atoms with E-state index in [0.717, 1.165) is 0 Å². The molecular formula is C4H8ClCsN2O4. The molecule has 0 aromatic carbocycles. The van der Waals surface area contributed by atoms with E-state index >= 15 is 0 Å². The summed E-state index contributed by atoms with van der Waals surface area (Å²) in [6.45, 7) is 0.409. The Morgan fingerprint density at radius 1 is 1.75 bits per heavy atom. The molecule has 0 spiro atoms. The molecule has 1 heterocycles. The van der Waals surface area contributed by atoms with Gasteiger partial charge in [-0.2, -0.15) is 0 Å². The maximum absolute atomic E-state index is 8.56. The van der Waals surface area contributed by atoms with Gasteiger partial charge in [0.05, 0.1) is 0 Å². The molecule has 0 atom stereocenters. The summed E-state index contributed by atoms with van der Waals surface area (Å²) in [6, 6.07) is 0.351. The van der Waals surface area contributed by atoms with Gasteiger partial charge in [-0.15, -0.1) is 11.6 Å². The van der Waals surface area contributed by atoms with Crippen LogP contribution in [-0.4, -0.2) is 109 Å². The van der Waals surface area contributed by atoms with Crippen LogP contribution in [0.5, 0.6) is 0 Å². The molecule has 0 aromatic heterocycles. The molecule has 0 saturated heterocycles. The zero-order chi connectivity index (χ0) is 8.69. The molecule has 1 aliphatic rings. The summed E-state index contributed by atoms with van der Waals surface area (Å²) in [5, 5.41) is 15.4. The summed E-state index contributed by atoms with van der Waals surface area (Å²) in [6.07, 6.45) is -0.271. The Bertz CT molecular complexity index is 152. The van der Waals surface area contributed by atoms with Gasteiger partial charge in [-0.05, 0) is 0 Å². The van der Waals surface area contributed by atoms with E-state index in [1.165, 1.54) is 5.06 Å². The molecule has 0 aliphatic carbocycles. The van der Waals surface area contributed by atoms with Gasteiger partial charge in [-0.25, -0.2) is 19.7 Å². The number of carbonyl (C=O) groups is 1. The van der Waals surface area contributed by atoms with E-state index in [4.69, 9.17) is 31.4 Å². The van der Waals surface area contributed by atoms with E-state index in [1.54, 1.807) is 6.34 Å². The quantitative estimate of drug-likeness (QED) is 0.525. The average molecular weight is 316 g/mol. The number of hydroxylamine groups is 2. The van der Waals surface area contributed by atoms with E-state index in [1.807, 2.05) is 0 Å². The SMILES string of the molecule is ClCN1C=NCO1.O=C(O)O.[CsH]. The van der Waals surface area contributed by atoms with Crippen molar-refractivity contribution >= 4 is 93.0 Å². The fraction of sp³-hybridized carbons (Fsp3) is 0.500. The van der Waals surface area contributed by atoms with Crippen LogP contribution in [0.3, 0.4) is 0 Å². The molecule has 0 radical (unpaired) electrons. The molecule has 0 aromatic rings. The average Bonchev–Trinajstić information content (AvgIpc) is 2.36. The number of rotatable bonds is 1. The van der Waals surface area contributed by atoms with Crippen molar-refractivity contribution < 1.29 is 19.8 Å². The summed E-state index contributed by atoms with van der Waals surface area (Å²) in [5.41, 5.74) is 0. The van der Waals surface area contributed by atoms with Crippen molar-refractivity contribution in [3.05, 3.63) is 0 Å². The van der Waals surface area contributed by atoms with Crippen LogP contribution in [-0.2, 0) is 4.84 Å². The van der Waals surface area contributed by atoms with Crippen molar-refractivity contribution in [3.8, 4) is 0 Å². The Hall–Kier alpha value is 1.04. The van der Waals surface area contributed by atoms with E-state index in [2.05, 4.69) is 4.99 Å². The van der Waals surface area contributed by atoms with Gasteiger partial charge < -0.3 is 10.2 Å². The Morgan fingerprint density at radius 2 is 2.25 bits per heavy atom. The summed E-state index contributed by atoms with van der Waals surface area (Å²) in [4.78, 5) is 17.1. The van der Waals surface area contributed by atoms with E-state index in [9.17, 15) is 0 Å². The monoisotopic (exact) mass is 316 g/mol. The minimum atomic E-state index is -1.83. The second-order valence-corrected chi connectivity index (χ2v) is 1.61. The van der Waals surface area contributed by atoms with Gasteiger partial charge in [0.1, 0.15) is 12.3 Å². The molecule has 8 heteroatoms. The first-order valence-corrected chi connectivity index (χ1v) is 3.07. The predicted molar refractivity (Wildman–Crippen MR) is 44.8 cm³/mol. The molecule has 1 aliphatic heterocycles. The van der Waals surface area contributed by atoms with Crippen LogP contribution < -0.4 is 0 Å². The van der Waals surface area contributed by atoms with Crippen LogP contribution in [0.1, 0.15) is 0 Å². The van der Waals surface area contributed by atoms with Gasteiger partial charge in [0.2, 0.25) is 0 Å².